The van der Waals surface area contributed by atoms with E-state index in [4.69, 9.17) is 26.2 Å². The van der Waals surface area contributed by atoms with Crippen molar-refractivity contribution >= 4 is 23.5 Å². The van der Waals surface area contributed by atoms with Crippen molar-refractivity contribution in [2.24, 2.45) is 0 Å². The molecule has 0 aromatic heterocycles. The number of carboxylic acids is 1. The van der Waals surface area contributed by atoms with E-state index in [9.17, 15) is 9.59 Å². The summed E-state index contributed by atoms with van der Waals surface area (Å²) in [6.45, 7) is 5.40. The lowest BCUT2D eigenvalue weighted by Crippen LogP contribution is -2.41. The number of carbonyl (C=O) groups excluding carboxylic acids is 1. The predicted molar refractivity (Wildman–Crippen MR) is 103 cm³/mol. The monoisotopic (exact) mass is 391 g/mol. The maximum atomic E-state index is 12.7. The molecule has 0 aliphatic rings. The molecular formula is C20H22ClNO5. The zero-order valence-corrected chi connectivity index (χ0v) is 16.2. The predicted octanol–water partition coefficient (Wildman–Crippen LogP) is 3.87. The maximum Gasteiger partial charge on any atom is 0.341 e. The first-order valence-corrected chi connectivity index (χ1v) is 8.80. The van der Waals surface area contributed by atoms with Crippen LogP contribution in [0.2, 0.25) is 5.02 Å². The van der Waals surface area contributed by atoms with Crippen LogP contribution in [0.15, 0.2) is 42.5 Å². The van der Waals surface area contributed by atoms with E-state index in [0.717, 1.165) is 5.56 Å². The number of carboxylic acid groups (broad SMARTS) is 1. The number of carbonyl (C=O) groups is 2. The number of rotatable bonds is 8. The van der Waals surface area contributed by atoms with Gasteiger partial charge < -0.3 is 19.9 Å². The lowest BCUT2D eigenvalue weighted by Gasteiger charge is -2.27. The van der Waals surface area contributed by atoms with Crippen molar-refractivity contribution in [1.82, 2.24) is 5.32 Å². The molecule has 0 saturated heterocycles. The molecule has 1 amide bonds. The van der Waals surface area contributed by atoms with Crippen LogP contribution in [0.4, 0.5) is 0 Å². The Morgan fingerprint density at radius 1 is 1.11 bits per heavy atom. The SMILES string of the molecule is CCOc1cc(C(=O)NC(C)(C)c2cccc(Cl)c2)ccc1OCC(=O)O. The van der Waals surface area contributed by atoms with Crippen LogP contribution in [-0.2, 0) is 10.3 Å². The molecule has 2 aromatic carbocycles. The standard InChI is InChI=1S/C20H22ClNO5/c1-4-26-17-10-13(8-9-16(17)27-12-18(23)24)19(25)22-20(2,3)14-6-5-7-15(21)11-14/h5-11H,4,12H2,1-3H3,(H,22,25)(H,23,24). The Labute approximate surface area is 163 Å². The van der Waals surface area contributed by atoms with Gasteiger partial charge in [0.15, 0.2) is 18.1 Å². The highest BCUT2D eigenvalue weighted by molar-refractivity contribution is 6.30. The van der Waals surface area contributed by atoms with Crippen molar-refractivity contribution in [3.05, 3.63) is 58.6 Å². The van der Waals surface area contributed by atoms with E-state index in [1.54, 1.807) is 25.1 Å². The van der Waals surface area contributed by atoms with Gasteiger partial charge >= 0.3 is 5.97 Å². The first-order chi connectivity index (χ1) is 12.7. The van der Waals surface area contributed by atoms with Crippen LogP contribution in [-0.4, -0.2) is 30.2 Å². The van der Waals surface area contributed by atoms with Crippen molar-refractivity contribution in [2.45, 2.75) is 26.3 Å². The second-order valence-corrected chi connectivity index (χ2v) is 6.80. The Balaban J connectivity index is 2.22. The van der Waals surface area contributed by atoms with Crippen molar-refractivity contribution in [3.63, 3.8) is 0 Å². The summed E-state index contributed by atoms with van der Waals surface area (Å²) in [5.41, 5.74) is 0.595. The van der Waals surface area contributed by atoms with Crippen LogP contribution in [0.1, 0.15) is 36.7 Å². The average molecular weight is 392 g/mol. The Hall–Kier alpha value is -2.73. The van der Waals surface area contributed by atoms with Gasteiger partial charge in [-0.15, -0.1) is 0 Å². The number of aliphatic carboxylic acids is 1. The molecule has 0 bridgehead atoms. The fourth-order valence-electron chi connectivity index (χ4n) is 2.48. The molecule has 144 valence electrons. The Kier molecular flexibility index (Phi) is 6.69. The van der Waals surface area contributed by atoms with Gasteiger partial charge in [-0.05, 0) is 56.7 Å². The van der Waals surface area contributed by atoms with E-state index < -0.39 is 18.1 Å². The van der Waals surface area contributed by atoms with Gasteiger partial charge in [-0.3, -0.25) is 4.79 Å². The Morgan fingerprint density at radius 3 is 2.48 bits per heavy atom. The largest absolute Gasteiger partial charge is 0.490 e. The molecule has 2 N–H and O–H groups in total. The quantitative estimate of drug-likeness (QED) is 0.713. The van der Waals surface area contributed by atoms with Crippen LogP contribution < -0.4 is 14.8 Å². The second kappa shape index (κ2) is 8.77. The number of ether oxygens (including phenoxy) is 2. The molecule has 0 saturated carbocycles. The molecule has 6 nitrogen and oxygen atoms in total. The highest BCUT2D eigenvalue weighted by Gasteiger charge is 2.24. The van der Waals surface area contributed by atoms with Crippen LogP contribution in [0.5, 0.6) is 11.5 Å². The number of halogens is 1. The van der Waals surface area contributed by atoms with Crippen molar-refractivity contribution in [2.75, 3.05) is 13.2 Å². The first kappa shape index (κ1) is 20.6. The highest BCUT2D eigenvalue weighted by atomic mass is 35.5. The third kappa shape index (κ3) is 5.62. The van der Waals surface area contributed by atoms with E-state index in [0.29, 0.717) is 22.9 Å². The smallest absolute Gasteiger partial charge is 0.341 e. The summed E-state index contributed by atoms with van der Waals surface area (Å²) < 4.78 is 10.7. The zero-order chi connectivity index (χ0) is 20.0. The van der Waals surface area contributed by atoms with Gasteiger partial charge in [-0.1, -0.05) is 23.7 Å². The van der Waals surface area contributed by atoms with Crippen LogP contribution >= 0.6 is 11.6 Å². The van der Waals surface area contributed by atoms with Gasteiger partial charge in [0.2, 0.25) is 0 Å². The van der Waals surface area contributed by atoms with E-state index in [2.05, 4.69) is 5.32 Å². The van der Waals surface area contributed by atoms with E-state index >= 15 is 0 Å². The number of benzene rings is 2. The minimum Gasteiger partial charge on any atom is -0.490 e. The molecule has 0 aliphatic carbocycles. The fraction of sp³-hybridized carbons (Fsp3) is 0.300. The molecule has 2 aromatic rings. The minimum absolute atomic E-state index is 0.268. The zero-order valence-electron chi connectivity index (χ0n) is 15.4. The lowest BCUT2D eigenvalue weighted by molar-refractivity contribution is -0.139. The van der Waals surface area contributed by atoms with Gasteiger partial charge in [0.1, 0.15) is 0 Å². The van der Waals surface area contributed by atoms with Gasteiger partial charge in [-0.2, -0.15) is 0 Å². The number of hydrogen-bond acceptors (Lipinski definition) is 4. The van der Waals surface area contributed by atoms with Crippen LogP contribution in [0.25, 0.3) is 0 Å². The van der Waals surface area contributed by atoms with Crippen LogP contribution in [0.3, 0.4) is 0 Å². The number of nitrogens with one attached hydrogen (secondary N) is 1. The number of amides is 1. The van der Waals surface area contributed by atoms with E-state index in [1.165, 1.54) is 12.1 Å². The normalized spacial score (nSPS) is 11.0. The third-order valence-corrected chi connectivity index (χ3v) is 4.06. The molecule has 0 radical (unpaired) electrons. The number of hydrogen-bond donors (Lipinski definition) is 2. The first-order valence-electron chi connectivity index (χ1n) is 8.43. The van der Waals surface area contributed by atoms with Gasteiger partial charge in [-0.25, -0.2) is 4.79 Å². The van der Waals surface area contributed by atoms with Gasteiger partial charge in [0, 0.05) is 10.6 Å². The summed E-state index contributed by atoms with van der Waals surface area (Å²) in [4.78, 5) is 23.4. The molecule has 27 heavy (non-hydrogen) atoms. The Morgan fingerprint density at radius 2 is 1.85 bits per heavy atom. The molecule has 0 atom stereocenters. The molecule has 0 heterocycles. The molecule has 7 heteroatoms. The average Bonchev–Trinajstić information content (AvgIpc) is 2.60. The van der Waals surface area contributed by atoms with Crippen molar-refractivity contribution < 1.29 is 24.2 Å². The molecule has 0 spiro atoms. The fourth-order valence-corrected chi connectivity index (χ4v) is 2.67. The van der Waals surface area contributed by atoms with E-state index in [-0.39, 0.29) is 11.7 Å². The van der Waals surface area contributed by atoms with Gasteiger partial charge in [0.05, 0.1) is 12.1 Å². The topological polar surface area (TPSA) is 84.9 Å². The summed E-state index contributed by atoms with van der Waals surface area (Å²) in [5.74, 6) is -0.815. The van der Waals surface area contributed by atoms with E-state index in [1.807, 2.05) is 26.0 Å². The molecular weight excluding hydrogens is 370 g/mol. The summed E-state index contributed by atoms with van der Waals surface area (Å²) in [6, 6.07) is 11.9. The molecule has 0 aliphatic heterocycles. The Bertz CT molecular complexity index is 835. The summed E-state index contributed by atoms with van der Waals surface area (Å²) >= 11 is 6.04. The highest BCUT2D eigenvalue weighted by Crippen LogP contribution is 2.29. The summed E-state index contributed by atoms with van der Waals surface area (Å²) in [5, 5.41) is 12.3. The third-order valence-electron chi connectivity index (χ3n) is 3.83. The molecule has 0 unspecified atom stereocenters. The minimum atomic E-state index is -1.09. The van der Waals surface area contributed by atoms with Crippen molar-refractivity contribution in [3.8, 4) is 11.5 Å². The maximum absolute atomic E-state index is 12.7. The lowest BCUT2D eigenvalue weighted by atomic mass is 9.94. The summed E-state index contributed by atoms with van der Waals surface area (Å²) in [7, 11) is 0. The summed E-state index contributed by atoms with van der Waals surface area (Å²) in [6.07, 6.45) is 0. The van der Waals surface area contributed by atoms with Crippen molar-refractivity contribution in [1.29, 1.82) is 0 Å². The molecule has 2 rings (SSSR count). The second-order valence-electron chi connectivity index (χ2n) is 6.37. The van der Waals surface area contributed by atoms with Gasteiger partial charge in [0.25, 0.3) is 5.91 Å². The molecule has 0 fully saturated rings. The van der Waals surface area contributed by atoms with Crippen LogP contribution in [0, 0.1) is 0 Å².